The van der Waals surface area contributed by atoms with Crippen LogP contribution >= 0.6 is 23.5 Å². The summed E-state index contributed by atoms with van der Waals surface area (Å²) in [5, 5.41) is 0.829. The number of nitrogens with zero attached hydrogens (tertiary/aromatic N) is 3. The van der Waals surface area contributed by atoms with Crippen LogP contribution in [0.1, 0.15) is 0 Å². The molecule has 3 rings (SSSR count). The molecule has 0 N–H and O–H groups in total. The number of benzene rings is 1. The third-order valence-corrected chi connectivity index (χ3v) is 4.53. The van der Waals surface area contributed by atoms with E-state index in [2.05, 4.69) is 9.97 Å². The number of rotatable bonds is 3. The first-order valence-corrected chi connectivity index (χ1v) is 8.68. The summed E-state index contributed by atoms with van der Waals surface area (Å²) in [6.07, 6.45) is 7.30. The van der Waals surface area contributed by atoms with Gasteiger partial charge < -0.3 is 0 Å². The van der Waals surface area contributed by atoms with Crippen molar-refractivity contribution in [3.05, 3.63) is 42.5 Å². The lowest BCUT2D eigenvalue weighted by Crippen LogP contribution is -1.96. The quantitative estimate of drug-likeness (QED) is 0.674. The minimum atomic E-state index is -0.255. The molecule has 0 saturated carbocycles. The van der Waals surface area contributed by atoms with Gasteiger partial charge in [-0.2, -0.15) is 0 Å². The third kappa shape index (κ3) is 2.61. The molecule has 106 valence electrons. The van der Waals surface area contributed by atoms with E-state index in [4.69, 9.17) is 4.98 Å². The Bertz CT molecular complexity index is 791. The zero-order valence-electron chi connectivity index (χ0n) is 11.5. The summed E-state index contributed by atoms with van der Waals surface area (Å²) in [5.74, 6) is -0.255. The van der Waals surface area contributed by atoms with E-state index in [1.54, 1.807) is 36.3 Å². The van der Waals surface area contributed by atoms with Gasteiger partial charge in [0.2, 0.25) is 0 Å². The van der Waals surface area contributed by atoms with Crippen LogP contribution in [-0.2, 0) is 0 Å². The average molecular weight is 317 g/mol. The van der Waals surface area contributed by atoms with Crippen molar-refractivity contribution in [2.75, 3.05) is 12.5 Å². The minimum absolute atomic E-state index is 0.255. The monoisotopic (exact) mass is 317 g/mol. The second kappa shape index (κ2) is 5.99. The van der Waals surface area contributed by atoms with Crippen LogP contribution in [0.3, 0.4) is 0 Å². The normalized spacial score (nSPS) is 11.0. The van der Waals surface area contributed by atoms with Crippen molar-refractivity contribution in [1.82, 2.24) is 15.0 Å². The molecule has 0 aliphatic rings. The molecule has 0 fully saturated rings. The van der Waals surface area contributed by atoms with E-state index in [1.165, 1.54) is 23.9 Å². The maximum atomic E-state index is 13.1. The van der Waals surface area contributed by atoms with Crippen molar-refractivity contribution >= 4 is 34.6 Å². The van der Waals surface area contributed by atoms with Crippen LogP contribution in [0, 0.1) is 5.82 Å². The first kappa shape index (κ1) is 14.3. The van der Waals surface area contributed by atoms with Crippen LogP contribution in [0.4, 0.5) is 4.39 Å². The standard InChI is InChI=1S/C15H12FN3S2/c1-20-14-11(9-3-5-10(16)6-4-9)19-15(21-2)13-12(14)17-7-8-18-13/h3-8H,1-2H3. The summed E-state index contributed by atoms with van der Waals surface area (Å²) >= 11 is 3.11. The molecule has 0 aliphatic heterocycles. The average Bonchev–Trinajstić information content (AvgIpc) is 2.54. The third-order valence-electron chi connectivity index (χ3n) is 3.06. The second-order valence-corrected chi connectivity index (χ2v) is 5.87. The molecule has 0 radical (unpaired) electrons. The maximum absolute atomic E-state index is 13.1. The highest BCUT2D eigenvalue weighted by molar-refractivity contribution is 7.99. The predicted molar refractivity (Wildman–Crippen MR) is 86.3 cm³/mol. The van der Waals surface area contributed by atoms with E-state index in [-0.39, 0.29) is 5.82 Å². The molecule has 0 amide bonds. The molecule has 3 nitrogen and oxygen atoms in total. The number of pyridine rings is 1. The molecule has 0 bridgehead atoms. The number of thioether (sulfide) groups is 2. The lowest BCUT2D eigenvalue weighted by molar-refractivity contribution is 0.628. The Morgan fingerprint density at radius 2 is 1.57 bits per heavy atom. The molecule has 2 aromatic heterocycles. The van der Waals surface area contributed by atoms with Crippen molar-refractivity contribution in [2.45, 2.75) is 9.92 Å². The van der Waals surface area contributed by atoms with E-state index in [0.29, 0.717) is 0 Å². The molecule has 21 heavy (non-hydrogen) atoms. The van der Waals surface area contributed by atoms with E-state index in [0.717, 1.165) is 32.2 Å². The van der Waals surface area contributed by atoms with Gasteiger partial charge in [-0.1, -0.05) is 0 Å². The second-order valence-electron chi connectivity index (χ2n) is 4.26. The van der Waals surface area contributed by atoms with Gasteiger partial charge in [-0.05, 0) is 36.8 Å². The SMILES string of the molecule is CSc1nc(-c2ccc(F)cc2)c(SC)c2nccnc12. The first-order valence-electron chi connectivity index (χ1n) is 6.23. The zero-order chi connectivity index (χ0) is 14.8. The molecule has 1 aromatic carbocycles. The molecule has 0 atom stereocenters. The summed E-state index contributed by atoms with van der Waals surface area (Å²) < 4.78 is 13.1. The highest BCUT2D eigenvalue weighted by Gasteiger charge is 2.16. The van der Waals surface area contributed by atoms with Gasteiger partial charge in [-0.3, -0.25) is 9.97 Å². The summed E-state index contributed by atoms with van der Waals surface area (Å²) in [7, 11) is 0. The molecule has 0 unspecified atom stereocenters. The Morgan fingerprint density at radius 3 is 2.19 bits per heavy atom. The van der Waals surface area contributed by atoms with Crippen molar-refractivity contribution < 1.29 is 4.39 Å². The van der Waals surface area contributed by atoms with Crippen molar-refractivity contribution in [3.63, 3.8) is 0 Å². The molecule has 0 aliphatic carbocycles. The van der Waals surface area contributed by atoms with Crippen LogP contribution < -0.4 is 0 Å². The number of fused-ring (bicyclic) bond motifs is 1. The first-order chi connectivity index (χ1) is 10.2. The Hall–Kier alpha value is -1.66. The van der Waals surface area contributed by atoms with E-state index in [1.807, 2.05) is 12.5 Å². The molecule has 3 aromatic rings. The van der Waals surface area contributed by atoms with Gasteiger partial charge in [0.25, 0.3) is 0 Å². The van der Waals surface area contributed by atoms with Crippen LogP contribution in [-0.4, -0.2) is 27.5 Å². The largest absolute Gasteiger partial charge is 0.252 e. The number of halogens is 1. The highest BCUT2D eigenvalue weighted by atomic mass is 32.2. The zero-order valence-corrected chi connectivity index (χ0v) is 13.1. The fourth-order valence-corrected chi connectivity index (χ4v) is 3.34. The predicted octanol–water partition coefficient (Wildman–Crippen LogP) is 4.27. The Kier molecular flexibility index (Phi) is 4.07. The topological polar surface area (TPSA) is 38.7 Å². The van der Waals surface area contributed by atoms with E-state index in [9.17, 15) is 4.39 Å². The lowest BCUT2D eigenvalue weighted by Gasteiger charge is -2.12. The van der Waals surface area contributed by atoms with Crippen molar-refractivity contribution in [2.24, 2.45) is 0 Å². The smallest absolute Gasteiger partial charge is 0.124 e. The Balaban J connectivity index is 2.33. The number of hydrogen-bond donors (Lipinski definition) is 0. The molecular weight excluding hydrogens is 305 g/mol. The number of aromatic nitrogens is 3. The van der Waals surface area contributed by atoms with Gasteiger partial charge in [-0.15, -0.1) is 23.5 Å². The lowest BCUT2D eigenvalue weighted by atomic mass is 10.1. The fraction of sp³-hybridized carbons (Fsp3) is 0.133. The van der Waals surface area contributed by atoms with Crippen molar-refractivity contribution in [3.8, 4) is 11.3 Å². The maximum Gasteiger partial charge on any atom is 0.124 e. The van der Waals surface area contributed by atoms with E-state index < -0.39 is 0 Å². The summed E-state index contributed by atoms with van der Waals surface area (Å²) in [5.41, 5.74) is 3.34. The number of hydrogen-bond acceptors (Lipinski definition) is 5. The molecule has 0 spiro atoms. The van der Waals surface area contributed by atoms with Gasteiger partial charge in [0.1, 0.15) is 21.9 Å². The Labute approximate surface area is 130 Å². The minimum Gasteiger partial charge on any atom is -0.252 e. The fourth-order valence-electron chi connectivity index (χ4n) is 2.12. The molecule has 0 saturated heterocycles. The van der Waals surface area contributed by atoms with Gasteiger partial charge in [0, 0.05) is 18.0 Å². The molecule has 6 heteroatoms. The van der Waals surface area contributed by atoms with Crippen LogP contribution in [0.5, 0.6) is 0 Å². The van der Waals surface area contributed by atoms with Crippen molar-refractivity contribution in [1.29, 1.82) is 0 Å². The van der Waals surface area contributed by atoms with Gasteiger partial charge in [-0.25, -0.2) is 9.37 Å². The van der Waals surface area contributed by atoms with Gasteiger partial charge in [0.05, 0.1) is 10.6 Å². The summed E-state index contributed by atoms with van der Waals surface area (Å²) in [6.45, 7) is 0. The molecule has 2 heterocycles. The highest BCUT2D eigenvalue weighted by Crippen LogP contribution is 2.36. The van der Waals surface area contributed by atoms with Crippen LogP contribution in [0.15, 0.2) is 46.6 Å². The van der Waals surface area contributed by atoms with E-state index >= 15 is 0 Å². The molecular formula is C15H12FN3S2. The van der Waals surface area contributed by atoms with Gasteiger partial charge in [0.15, 0.2) is 0 Å². The van der Waals surface area contributed by atoms with Gasteiger partial charge >= 0.3 is 0 Å². The summed E-state index contributed by atoms with van der Waals surface area (Å²) in [6, 6.07) is 6.37. The summed E-state index contributed by atoms with van der Waals surface area (Å²) in [4.78, 5) is 14.5. The van der Waals surface area contributed by atoms with Crippen LogP contribution in [0.2, 0.25) is 0 Å². The van der Waals surface area contributed by atoms with Crippen LogP contribution in [0.25, 0.3) is 22.3 Å². The Morgan fingerprint density at radius 1 is 0.905 bits per heavy atom.